The highest BCUT2D eigenvalue weighted by atomic mass is 16.5. The molecule has 21 heteroatoms. The molecule has 1 heterocycles. The summed E-state index contributed by atoms with van der Waals surface area (Å²) in [6, 6.07) is -3.94. The van der Waals surface area contributed by atoms with Gasteiger partial charge in [-0.05, 0) is 44.9 Å². The molecule has 0 saturated carbocycles. The fraction of sp³-hybridized carbons (Fsp3) is 0.850. The van der Waals surface area contributed by atoms with Crippen LogP contribution < -0.4 is 31.9 Å². The summed E-state index contributed by atoms with van der Waals surface area (Å²) in [5.41, 5.74) is 0. The van der Waals surface area contributed by atoms with E-state index in [2.05, 4.69) is 52.7 Å². The number of carbonyl (C=O) groups excluding carboxylic acids is 8. The topological polar surface area (TPSA) is 305 Å². The first-order valence-electron chi connectivity index (χ1n) is 41.0. The summed E-state index contributed by atoms with van der Waals surface area (Å²) in [5.74, 6) is -4.92. The van der Waals surface area contributed by atoms with Crippen molar-refractivity contribution in [2.45, 2.75) is 392 Å². The van der Waals surface area contributed by atoms with Gasteiger partial charge in [-0.1, -0.05) is 297 Å². The van der Waals surface area contributed by atoms with Gasteiger partial charge in [-0.25, -0.2) is 4.79 Å². The zero-order valence-corrected chi connectivity index (χ0v) is 63.8. The number of nitrogens with one attached hydrogen (secondary N) is 6. The molecule has 101 heavy (non-hydrogen) atoms. The SMILES string of the molecule is CCCCCCCCCCCCC(NC(=O)CCCCCN1C(=O)C=CC1=O)C(=O)NC(CCCCCCCCCCCC)C(=O)NC(CCCCCCCCCCCC)C(=O)NCCOCCOCCC(=O)NCC(NC(=O)CCCCCCCCCCCCCCCCC(=O)O)C(=O)O. The second-order valence-electron chi connectivity index (χ2n) is 28.5. The Kier molecular flexibility index (Phi) is 62.7. The Balaban J connectivity index is 2.87. The van der Waals surface area contributed by atoms with Gasteiger partial charge in [0.1, 0.15) is 24.2 Å². The molecule has 8 N–H and O–H groups in total. The molecule has 0 saturated heterocycles. The van der Waals surface area contributed by atoms with Crippen LogP contribution in [-0.4, -0.2) is 145 Å². The number of carboxylic acids is 2. The molecule has 584 valence electrons. The number of imide groups is 1. The second-order valence-corrected chi connectivity index (χ2v) is 28.5. The Bertz CT molecular complexity index is 2180. The number of rotatable bonds is 75. The van der Waals surface area contributed by atoms with Gasteiger partial charge in [0.05, 0.1) is 26.4 Å². The van der Waals surface area contributed by atoms with E-state index in [9.17, 15) is 53.1 Å². The molecular formula is C80H145N7O14. The van der Waals surface area contributed by atoms with E-state index >= 15 is 0 Å². The Labute approximate surface area is 610 Å². The molecule has 4 atom stereocenters. The quantitative estimate of drug-likeness (QED) is 0.0207. The van der Waals surface area contributed by atoms with Gasteiger partial charge in [0.15, 0.2) is 0 Å². The molecule has 0 aliphatic carbocycles. The van der Waals surface area contributed by atoms with Crippen molar-refractivity contribution < 1.29 is 67.6 Å². The average Bonchev–Trinajstić information content (AvgIpc) is 1.88. The smallest absolute Gasteiger partial charge is 0.328 e. The monoisotopic (exact) mass is 1430 g/mol. The Morgan fingerprint density at radius 3 is 1.03 bits per heavy atom. The molecule has 0 aromatic heterocycles. The van der Waals surface area contributed by atoms with E-state index in [1.54, 1.807) is 0 Å². The number of ether oxygens (including phenoxy) is 2. The number of carbonyl (C=O) groups is 10. The van der Waals surface area contributed by atoms with Gasteiger partial charge < -0.3 is 51.6 Å². The van der Waals surface area contributed by atoms with Crippen LogP contribution in [-0.2, 0) is 57.4 Å². The standard InChI is InChI=1S/C80H145N7O14/c1-4-7-10-13-16-19-28-33-38-44-51-67(77(95)81-60-63-101-65-64-100-62-59-71(88)82-66-70(80(98)99)84-73(90)54-47-41-36-31-26-24-22-23-25-27-32-37-42-49-56-76(93)94)85-79(97)69(53-46-40-35-30-21-18-15-12-9-6-3)86-78(96)68(52-45-39-34-29-20-17-14-11-8-5-2)83-72(89)55-48-43-50-61-87-74(91)57-58-75(87)92/h57-58,67-70H,4-56,59-66H2,1-3H3,(H,81,95)(H,82,88)(H,83,89)(H,84,90)(H,85,97)(H,86,96)(H,93,94)(H,98,99). The van der Waals surface area contributed by atoms with Crippen LogP contribution in [0.4, 0.5) is 0 Å². The van der Waals surface area contributed by atoms with Crippen molar-refractivity contribution >= 4 is 59.2 Å². The molecule has 0 aromatic rings. The van der Waals surface area contributed by atoms with Gasteiger partial charge in [0, 0.05) is 57.5 Å². The minimum atomic E-state index is -1.26. The fourth-order valence-electron chi connectivity index (χ4n) is 12.8. The van der Waals surface area contributed by atoms with Gasteiger partial charge in [-0.15, -0.1) is 0 Å². The van der Waals surface area contributed by atoms with Crippen molar-refractivity contribution in [3.8, 4) is 0 Å². The van der Waals surface area contributed by atoms with Crippen molar-refractivity contribution in [2.75, 3.05) is 46.1 Å². The van der Waals surface area contributed by atoms with Crippen LogP contribution in [0.3, 0.4) is 0 Å². The summed E-state index contributed by atoms with van der Waals surface area (Å²) in [6.45, 7) is 7.37. The highest BCUT2D eigenvalue weighted by Gasteiger charge is 2.30. The third-order valence-corrected chi connectivity index (χ3v) is 19.2. The van der Waals surface area contributed by atoms with E-state index in [-0.39, 0.29) is 101 Å². The molecule has 8 amide bonds. The van der Waals surface area contributed by atoms with E-state index in [0.717, 1.165) is 128 Å². The molecule has 0 fully saturated rings. The van der Waals surface area contributed by atoms with E-state index in [1.165, 1.54) is 158 Å². The lowest BCUT2D eigenvalue weighted by Crippen LogP contribution is -2.56. The summed E-state index contributed by atoms with van der Waals surface area (Å²) in [5, 5.41) is 35.7. The molecule has 1 rings (SSSR count). The largest absolute Gasteiger partial charge is 0.481 e. The maximum Gasteiger partial charge on any atom is 0.328 e. The minimum Gasteiger partial charge on any atom is -0.481 e. The van der Waals surface area contributed by atoms with Crippen molar-refractivity contribution in [1.82, 2.24) is 36.8 Å². The number of amides is 8. The van der Waals surface area contributed by atoms with Crippen molar-refractivity contribution in [1.29, 1.82) is 0 Å². The van der Waals surface area contributed by atoms with Gasteiger partial charge in [-0.2, -0.15) is 0 Å². The summed E-state index contributed by atoms with van der Waals surface area (Å²) in [6.07, 6.45) is 54.1. The van der Waals surface area contributed by atoms with E-state index in [0.29, 0.717) is 51.4 Å². The Morgan fingerprint density at radius 1 is 0.337 bits per heavy atom. The van der Waals surface area contributed by atoms with Crippen LogP contribution in [0.2, 0.25) is 0 Å². The third-order valence-electron chi connectivity index (χ3n) is 19.2. The molecule has 0 aromatic carbocycles. The third kappa shape index (κ3) is 56.7. The lowest BCUT2D eigenvalue weighted by atomic mass is 10.0. The fourth-order valence-corrected chi connectivity index (χ4v) is 12.8. The Hall–Kier alpha value is -5.44. The van der Waals surface area contributed by atoms with Crippen LogP contribution in [0.5, 0.6) is 0 Å². The van der Waals surface area contributed by atoms with E-state index < -0.39 is 53.8 Å². The average molecular weight is 1430 g/mol. The maximum atomic E-state index is 14.6. The normalized spacial score (nSPS) is 13.2. The first-order valence-corrected chi connectivity index (χ1v) is 41.0. The zero-order valence-electron chi connectivity index (χ0n) is 63.8. The molecule has 1 aliphatic rings. The number of unbranched alkanes of at least 4 members (excludes halogenated alkanes) is 42. The molecule has 0 spiro atoms. The van der Waals surface area contributed by atoms with Gasteiger partial charge in [-0.3, -0.25) is 48.1 Å². The van der Waals surface area contributed by atoms with Gasteiger partial charge in [0.2, 0.25) is 35.4 Å². The Morgan fingerprint density at radius 2 is 0.653 bits per heavy atom. The number of hydrogen-bond acceptors (Lipinski definition) is 12. The number of hydrogen-bond donors (Lipinski definition) is 8. The van der Waals surface area contributed by atoms with Crippen molar-refractivity contribution in [3.05, 3.63) is 12.2 Å². The highest BCUT2D eigenvalue weighted by molar-refractivity contribution is 6.12. The molecule has 4 unspecified atom stereocenters. The first kappa shape index (κ1) is 93.6. The van der Waals surface area contributed by atoms with Crippen molar-refractivity contribution in [3.63, 3.8) is 0 Å². The number of aliphatic carboxylic acids is 2. The van der Waals surface area contributed by atoms with Crippen LogP contribution in [0.25, 0.3) is 0 Å². The molecule has 21 nitrogen and oxygen atoms in total. The van der Waals surface area contributed by atoms with Crippen molar-refractivity contribution in [2.24, 2.45) is 0 Å². The second kappa shape index (κ2) is 67.7. The lowest BCUT2D eigenvalue weighted by molar-refractivity contribution is -0.142. The predicted molar refractivity (Wildman–Crippen MR) is 403 cm³/mol. The van der Waals surface area contributed by atoms with Crippen LogP contribution in [0.15, 0.2) is 12.2 Å². The minimum absolute atomic E-state index is 0.0312. The molecule has 1 aliphatic heterocycles. The van der Waals surface area contributed by atoms with Crippen LogP contribution in [0, 0.1) is 0 Å². The summed E-state index contributed by atoms with van der Waals surface area (Å²) in [4.78, 5) is 130. The molecule has 0 radical (unpaired) electrons. The predicted octanol–water partition coefficient (Wildman–Crippen LogP) is 15.4. The van der Waals surface area contributed by atoms with E-state index in [4.69, 9.17) is 14.6 Å². The van der Waals surface area contributed by atoms with Gasteiger partial charge >= 0.3 is 11.9 Å². The van der Waals surface area contributed by atoms with E-state index in [1.807, 2.05) is 0 Å². The van der Waals surface area contributed by atoms with Crippen LogP contribution >= 0.6 is 0 Å². The summed E-state index contributed by atoms with van der Waals surface area (Å²) in [7, 11) is 0. The maximum absolute atomic E-state index is 14.6. The zero-order chi connectivity index (χ0) is 73.9. The number of nitrogens with zero attached hydrogens (tertiary/aromatic N) is 1. The summed E-state index contributed by atoms with van der Waals surface area (Å²) < 4.78 is 11.4. The first-order chi connectivity index (χ1) is 49.1. The number of carboxylic acid groups (broad SMARTS) is 2. The summed E-state index contributed by atoms with van der Waals surface area (Å²) >= 11 is 0. The lowest BCUT2D eigenvalue weighted by Gasteiger charge is -2.26. The van der Waals surface area contributed by atoms with Gasteiger partial charge in [0.25, 0.3) is 11.8 Å². The molecular weight excluding hydrogens is 1280 g/mol. The van der Waals surface area contributed by atoms with Crippen LogP contribution in [0.1, 0.15) is 367 Å². The molecule has 0 bridgehead atoms. The highest BCUT2D eigenvalue weighted by Crippen LogP contribution is 2.19.